The summed E-state index contributed by atoms with van der Waals surface area (Å²) in [6.07, 6.45) is -0.836. The average molecular weight is 400 g/mol. The van der Waals surface area contributed by atoms with Crippen molar-refractivity contribution in [2.24, 2.45) is 0 Å². The molecule has 26 heavy (non-hydrogen) atoms. The number of alkyl carbamates (subject to hydrolysis) is 1. The molecule has 0 bridgehead atoms. The maximum atomic E-state index is 11.8. The number of hydrogen-bond donors (Lipinski definition) is 2. The number of amides is 1. The van der Waals surface area contributed by atoms with Crippen LogP contribution in [0, 0.1) is 0 Å². The highest BCUT2D eigenvalue weighted by atomic mass is 35.5. The molecule has 0 aliphatic carbocycles. The van der Waals surface area contributed by atoms with Crippen LogP contribution in [-0.2, 0) is 16.0 Å². The van der Waals surface area contributed by atoms with Crippen molar-refractivity contribution in [3.8, 4) is 11.3 Å². The molecule has 1 aromatic carbocycles. The fourth-order valence-corrected chi connectivity index (χ4v) is 2.44. The van der Waals surface area contributed by atoms with Crippen LogP contribution >= 0.6 is 23.2 Å². The van der Waals surface area contributed by atoms with Gasteiger partial charge in [0.25, 0.3) is 0 Å². The van der Waals surface area contributed by atoms with Gasteiger partial charge in [-0.05, 0) is 51.1 Å². The molecule has 6 nitrogen and oxygen atoms in total. The minimum absolute atomic E-state index is 0.0318. The predicted octanol–water partition coefficient (Wildman–Crippen LogP) is 4.77. The second kappa shape index (κ2) is 8.01. The Kier molecular flexibility index (Phi) is 6.21. The third-order valence-electron chi connectivity index (χ3n) is 3.26. The van der Waals surface area contributed by atoms with Crippen LogP contribution in [-0.4, -0.2) is 28.8 Å². The molecule has 140 valence electrons. The zero-order valence-corrected chi connectivity index (χ0v) is 16.0. The number of rotatable bonds is 5. The molecule has 0 saturated heterocycles. The maximum Gasteiger partial charge on any atom is 0.408 e. The summed E-state index contributed by atoms with van der Waals surface area (Å²) in [5.41, 5.74) is -0.0172. The van der Waals surface area contributed by atoms with Gasteiger partial charge in [-0.2, -0.15) is 0 Å². The van der Waals surface area contributed by atoms with Gasteiger partial charge in [-0.15, -0.1) is 0 Å². The predicted molar refractivity (Wildman–Crippen MR) is 98.7 cm³/mol. The molecule has 0 aliphatic rings. The Bertz CT molecular complexity index is 810. The Morgan fingerprint density at radius 2 is 1.88 bits per heavy atom. The maximum absolute atomic E-state index is 11.8. The van der Waals surface area contributed by atoms with Gasteiger partial charge in [0.1, 0.15) is 23.2 Å². The Balaban J connectivity index is 2.10. The highest BCUT2D eigenvalue weighted by molar-refractivity contribution is 6.42. The van der Waals surface area contributed by atoms with Crippen molar-refractivity contribution in [2.75, 3.05) is 0 Å². The van der Waals surface area contributed by atoms with Crippen LogP contribution < -0.4 is 5.32 Å². The molecule has 0 radical (unpaired) electrons. The zero-order valence-electron chi connectivity index (χ0n) is 14.5. The number of carboxylic acid groups (broad SMARTS) is 1. The van der Waals surface area contributed by atoms with Crippen molar-refractivity contribution < 1.29 is 23.8 Å². The lowest BCUT2D eigenvalue weighted by molar-refractivity contribution is -0.139. The molecule has 1 heterocycles. The van der Waals surface area contributed by atoms with Crippen molar-refractivity contribution in [2.45, 2.75) is 38.8 Å². The van der Waals surface area contributed by atoms with Crippen molar-refractivity contribution >= 4 is 35.3 Å². The largest absolute Gasteiger partial charge is 0.480 e. The highest BCUT2D eigenvalue weighted by Gasteiger charge is 2.25. The number of furan rings is 1. The van der Waals surface area contributed by atoms with Gasteiger partial charge in [0, 0.05) is 12.0 Å². The lowest BCUT2D eigenvalue weighted by Crippen LogP contribution is -2.44. The van der Waals surface area contributed by atoms with Gasteiger partial charge in [0.05, 0.1) is 10.0 Å². The molecule has 1 unspecified atom stereocenters. The van der Waals surface area contributed by atoms with Gasteiger partial charge in [0.2, 0.25) is 0 Å². The van der Waals surface area contributed by atoms with E-state index in [1.807, 2.05) is 0 Å². The smallest absolute Gasteiger partial charge is 0.408 e. The van der Waals surface area contributed by atoms with Gasteiger partial charge in [-0.1, -0.05) is 23.2 Å². The molecule has 0 spiro atoms. The van der Waals surface area contributed by atoms with E-state index < -0.39 is 23.7 Å². The van der Waals surface area contributed by atoms with Crippen LogP contribution in [0.2, 0.25) is 10.0 Å². The number of halogens is 2. The van der Waals surface area contributed by atoms with Gasteiger partial charge in [0.15, 0.2) is 0 Å². The summed E-state index contributed by atoms with van der Waals surface area (Å²) in [7, 11) is 0. The van der Waals surface area contributed by atoms with E-state index in [0.717, 1.165) is 0 Å². The second-order valence-corrected chi connectivity index (χ2v) is 7.45. The number of nitrogens with one attached hydrogen (secondary N) is 1. The minimum Gasteiger partial charge on any atom is -0.480 e. The number of benzene rings is 1. The van der Waals surface area contributed by atoms with Crippen LogP contribution in [0.3, 0.4) is 0 Å². The van der Waals surface area contributed by atoms with Crippen molar-refractivity contribution in [3.05, 3.63) is 46.1 Å². The first kappa shape index (κ1) is 20.1. The summed E-state index contributed by atoms with van der Waals surface area (Å²) >= 11 is 11.9. The molecule has 1 atom stereocenters. The number of ether oxygens (including phenoxy) is 1. The van der Waals surface area contributed by atoms with Gasteiger partial charge in [-0.3, -0.25) is 0 Å². The molecule has 1 amide bonds. The van der Waals surface area contributed by atoms with E-state index in [0.29, 0.717) is 27.1 Å². The molecule has 0 aliphatic heterocycles. The van der Waals surface area contributed by atoms with E-state index in [-0.39, 0.29) is 6.42 Å². The molecule has 1 aromatic heterocycles. The number of carbonyl (C=O) groups is 2. The van der Waals surface area contributed by atoms with Crippen molar-refractivity contribution in [1.29, 1.82) is 0 Å². The number of carboxylic acids is 1. The van der Waals surface area contributed by atoms with Crippen molar-refractivity contribution in [1.82, 2.24) is 5.32 Å². The lowest BCUT2D eigenvalue weighted by Gasteiger charge is -2.21. The van der Waals surface area contributed by atoms with E-state index in [9.17, 15) is 14.7 Å². The van der Waals surface area contributed by atoms with Crippen LogP contribution in [0.1, 0.15) is 26.5 Å². The first-order chi connectivity index (χ1) is 12.0. The van der Waals surface area contributed by atoms with Crippen LogP contribution in [0.4, 0.5) is 4.79 Å². The molecule has 0 saturated carbocycles. The van der Waals surface area contributed by atoms with Crippen LogP contribution in [0.5, 0.6) is 0 Å². The van der Waals surface area contributed by atoms with Gasteiger partial charge < -0.3 is 19.6 Å². The third-order valence-corrected chi connectivity index (χ3v) is 4.00. The first-order valence-electron chi connectivity index (χ1n) is 7.81. The summed E-state index contributed by atoms with van der Waals surface area (Å²) < 4.78 is 10.8. The molecular weight excluding hydrogens is 381 g/mol. The van der Waals surface area contributed by atoms with E-state index in [2.05, 4.69) is 5.32 Å². The highest BCUT2D eigenvalue weighted by Crippen LogP contribution is 2.29. The van der Waals surface area contributed by atoms with Crippen LogP contribution in [0.15, 0.2) is 34.7 Å². The molecule has 2 N–H and O–H groups in total. The Labute approximate surface area is 161 Å². The summed E-state index contributed by atoms with van der Waals surface area (Å²) in [4.78, 5) is 23.2. The number of hydrogen-bond acceptors (Lipinski definition) is 4. The van der Waals surface area contributed by atoms with Crippen molar-refractivity contribution in [3.63, 3.8) is 0 Å². The number of carbonyl (C=O) groups excluding carboxylic acids is 1. The third kappa shape index (κ3) is 5.68. The van der Waals surface area contributed by atoms with E-state index >= 15 is 0 Å². The van der Waals surface area contributed by atoms with E-state index in [4.69, 9.17) is 32.4 Å². The Morgan fingerprint density at radius 3 is 2.46 bits per heavy atom. The molecule has 2 rings (SSSR count). The summed E-state index contributed by atoms with van der Waals surface area (Å²) in [5.74, 6) is -0.280. The first-order valence-corrected chi connectivity index (χ1v) is 8.57. The fraction of sp³-hybridized carbons (Fsp3) is 0.333. The van der Waals surface area contributed by atoms with E-state index in [1.54, 1.807) is 51.1 Å². The second-order valence-electron chi connectivity index (χ2n) is 6.64. The monoisotopic (exact) mass is 399 g/mol. The topological polar surface area (TPSA) is 88.8 Å². The van der Waals surface area contributed by atoms with E-state index in [1.165, 1.54) is 0 Å². The van der Waals surface area contributed by atoms with Gasteiger partial charge >= 0.3 is 12.1 Å². The Morgan fingerprint density at radius 1 is 1.19 bits per heavy atom. The molecule has 8 heteroatoms. The minimum atomic E-state index is -1.19. The quantitative estimate of drug-likeness (QED) is 0.755. The standard InChI is InChI=1S/C18H19Cl2NO5/c1-18(2,3)26-17(24)21-14(16(22)23)9-11-5-7-15(25-11)10-4-6-12(19)13(20)8-10/h4-8,14H,9H2,1-3H3,(H,21,24)(H,22,23). The average Bonchev–Trinajstić information content (AvgIpc) is 2.96. The normalized spacial score (nSPS) is 12.5. The molecule has 0 fully saturated rings. The molecule has 2 aromatic rings. The van der Waals surface area contributed by atoms with Gasteiger partial charge in [-0.25, -0.2) is 9.59 Å². The number of aliphatic carboxylic acids is 1. The fourth-order valence-electron chi connectivity index (χ4n) is 2.14. The summed E-state index contributed by atoms with van der Waals surface area (Å²) in [5, 5.41) is 12.5. The lowest BCUT2D eigenvalue weighted by atomic mass is 10.1. The SMILES string of the molecule is CC(C)(C)OC(=O)NC(Cc1ccc(-c2ccc(Cl)c(Cl)c2)o1)C(=O)O. The molecular formula is C18H19Cl2NO5. The summed E-state index contributed by atoms with van der Waals surface area (Å²) in [6, 6.07) is 7.19. The summed E-state index contributed by atoms with van der Waals surface area (Å²) in [6.45, 7) is 5.08. The zero-order chi connectivity index (χ0) is 19.5. The Hall–Kier alpha value is -2.18. The van der Waals surface area contributed by atoms with Crippen LogP contribution in [0.25, 0.3) is 11.3 Å².